The van der Waals surface area contributed by atoms with Crippen LogP contribution in [-0.2, 0) is 11.2 Å². The second kappa shape index (κ2) is 8.56. The van der Waals surface area contributed by atoms with E-state index in [-0.39, 0.29) is 17.7 Å². The van der Waals surface area contributed by atoms with Crippen LogP contribution in [0.4, 0.5) is 0 Å². The summed E-state index contributed by atoms with van der Waals surface area (Å²) in [4.78, 5) is 33.8. The number of hydrogen-bond donors (Lipinski definition) is 1. The molecule has 0 bridgehead atoms. The van der Waals surface area contributed by atoms with Crippen molar-refractivity contribution in [2.75, 3.05) is 32.7 Å². The molecular formula is C24H30N4O2. The molecule has 0 spiro atoms. The first-order valence-electron chi connectivity index (χ1n) is 10.7. The molecule has 2 saturated heterocycles. The number of likely N-dealkylation sites (tertiary alicyclic amines) is 2. The van der Waals surface area contributed by atoms with Crippen molar-refractivity contribution in [1.82, 2.24) is 14.8 Å². The van der Waals surface area contributed by atoms with E-state index in [1.807, 2.05) is 55.1 Å². The first-order chi connectivity index (χ1) is 14.4. The quantitative estimate of drug-likeness (QED) is 0.796. The molecule has 6 heteroatoms. The minimum absolute atomic E-state index is 0.0955. The number of nitrogens with two attached hydrogens (primary N) is 1. The Balaban J connectivity index is 1.36. The van der Waals surface area contributed by atoms with Crippen LogP contribution in [0.5, 0.6) is 0 Å². The molecule has 2 unspecified atom stereocenters. The lowest BCUT2D eigenvalue weighted by Crippen LogP contribution is -2.39. The van der Waals surface area contributed by atoms with E-state index in [2.05, 4.69) is 9.88 Å². The van der Waals surface area contributed by atoms with Gasteiger partial charge in [0, 0.05) is 38.9 Å². The fraction of sp³-hybridized carbons (Fsp3) is 0.458. The molecule has 0 saturated carbocycles. The molecule has 2 fully saturated rings. The van der Waals surface area contributed by atoms with E-state index in [4.69, 9.17) is 5.73 Å². The lowest BCUT2D eigenvalue weighted by Gasteiger charge is -2.25. The minimum Gasteiger partial charge on any atom is -0.369 e. The van der Waals surface area contributed by atoms with E-state index in [0.29, 0.717) is 24.8 Å². The number of fused-ring (bicyclic) bond motifs is 1. The smallest absolute Gasteiger partial charge is 0.255 e. The minimum atomic E-state index is -0.241. The second-order valence-corrected chi connectivity index (χ2v) is 8.83. The molecule has 158 valence electrons. The van der Waals surface area contributed by atoms with E-state index in [0.717, 1.165) is 48.6 Å². The molecule has 0 aliphatic carbocycles. The Kier molecular flexibility index (Phi) is 5.86. The number of aromatic nitrogens is 1. The van der Waals surface area contributed by atoms with Gasteiger partial charge in [-0.25, -0.2) is 0 Å². The maximum Gasteiger partial charge on any atom is 0.255 e. The summed E-state index contributed by atoms with van der Waals surface area (Å²) in [5.74, 6) is 0.575. The summed E-state index contributed by atoms with van der Waals surface area (Å²) in [6.07, 6.45) is 2.43. The third-order valence-electron chi connectivity index (χ3n) is 6.62. The number of carbonyl (C=O) groups excluding carboxylic acids is 2. The largest absolute Gasteiger partial charge is 0.369 e. The normalized spacial score (nSPS) is 22.1. The topological polar surface area (TPSA) is 79.5 Å². The molecule has 3 atom stereocenters. The Labute approximate surface area is 178 Å². The lowest BCUT2D eigenvalue weighted by molar-refractivity contribution is -0.122. The predicted molar refractivity (Wildman–Crippen MR) is 116 cm³/mol. The van der Waals surface area contributed by atoms with E-state index < -0.39 is 0 Å². The van der Waals surface area contributed by atoms with Crippen molar-refractivity contribution in [2.24, 2.45) is 23.5 Å². The molecule has 2 aliphatic heterocycles. The fourth-order valence-corrected chi connectivity index (χ4v) is 5.05. The standard InChI is InChI=1S/C24H30N4O2/c1-16-8-9-26-17(2)22(16)24(30)28-14-20-12-27(13-21(20)15-28)11-19(23(25)29)10-18-6-4-3-5-7-18/h3-9,19-21H,10-15H2,1-2H3,(H2,25,29)/t19?,20-,21?/m0/s1. The molecule has 2 aromatic rings. The summed E-state index contributed by atoms with van der Waals surface area (Å²) >= 11 is 0. The number of rotatable bonds is 6. The number of pyridine rings is 1. The summed E-state index contributed by atoms with van der Waals surface area (Å²) in [5.41, 5.74) is 9.37. The first-order valence-corrected chi connectivity index (χ1v) is 10.7. The SMILES string of the molecule is Cc1ccnc(C)c1C(=O)N1CC2CN(CC(Cc3ccccc3)C(N)=O)C[C@H]2C1. The van der Waals surface area contributed by atoms with Gasteiger partial charge in [0.25, 0.3) is 5.91 Å². The van der Waals surface area contributed by atoms with Crippen LogP contribution in [0, 0.1) is 31.6 Å². The molecule has 2 N–H and O–H groups in total. The van der Waals surface area contributed by atoms with Crippen molar-refractivity contribution in [2.45, 2.75) is 20.3 Å². The van der Waals surface area contributed by atoms with Crippen LogP contribution in [0.2, 0.25) is 0 Å². The number of aryl methyl sites for hydroxylation is 2. The Hall–Kier alpha value is -2.73. The molecule has 1 aromatic heterocycles. The summed E-state index contributed by atoms with van der Waals surface area (Å²) in [5, 5.41) is 0. The van der Waals surface area contributed by atoms with E-state index in [1.165, 1.54) is 0 Å². The third kappa shape index (κ3) is 4.24. The van der Waals surface area contributed by atoms with E-state index in [1.54, 1.807) is 6.20 Å². The van der Waals surface area contributed by atoms with Gasteiger partial charge in [0.05, 0.1) is 17.2 Å². The van der Waals surface area contributed by atoms with Crippen LogP contribution in [0.25, 0.3) is 0 Å². The molecule has 2 aliphatic rings. The van der Waals surface area contributed by atoms with Crippen LogP contribution in [0.3, 0.4) is 0 Å². The van der Waals surface area contributed by atoms with Crippen LogP contribution in [0.15, 0.2) is 42.6 Å². The highest BCUT2D eigenvalue weighted by Gasteiger charge is 2.42. The van der Waals surface area contributed by atoms with Crippen molar-refractivity contribution in [3.05, 3.63) is 65.0 Å². The van der Waals surface area contributed by atoms with Gasteiger partial charge in [0.2, 0.25) is 5.91 Å². The number of benzene rings is 1. The Bertz CT molecular complexity index is 896. The third-order valence-corrected chi connectivity index (χ3v) is 6.62. The van der Waals surface area contributed by atoms with Gasteiger partial charge in [0.1, 0.15) is 0 Å². The molecule has 6 nitrogen and oxygen atoms in total. The molecular weight excluding hydrogens is 376 g/mol. The van der Waals surface area contributed by atoms with Crippen LogP contribution < -0.4 is 5.73 Å². The van der Waals surface area contributed by atoms with Gasteiger partial charge in [-0.3, -0.25) is 14.6 Å². The number of hydrogen-bond acceptors (Lipinski definition) is 4. The number of amides is 2. The zero-order chi connectivity index (χ0) is 21.3. The van der Waals surface area contributed by atoms with Gasteiger partial charge in [-0.1, -0.05) is 30.3 Å². The van der Waals surface area contributed by atoms with Gasteiger partial charge in [-0.2, -0.15) is 0 Å². The highest BCUT2D eigenvalue weighted by molar-refractivity contribution is 5.96. The monoisotopic (exact) mass is 406 g/mol. The van der Waals surface area contributed by atoms with Gasteiger partial charge in [0.15, 0.2) is 0 Å². The highest BCUT2D eigenvalue weighted by atomic mass is 16.2. The first kappa shape index (κ1) is 20.5. The van der Waals surface area contributed by atoms with Crippen molar-refractivity contribution in [1.29, 1.82) is 0 Å². The average molecular weight is 407 g/mol. The lowest BCUT2D eigenvalue weighted by atomic mass is 9.98. The van der Waals surface area contributed by atoms with Gasteiger partial charge >= 0.3 is 0 Å². The van der Waals surface area contributed by atoms with Crippen molar-refractivity contribution in [3.63, 3.8) is 0 Å². The molecule has 1 aromatic carbocycles. The van der Waals surface area contributed by atoms with E-state index in [9.17, 15) is 9.59 Å². The second-order valence-electron chi connectivity index (χ2n) is 8.83. The van der Waals surface area contributed by atoms with Crippen molar-refractivity contribution < 1.29 is 9.59 Å². The van der Waals surface area contributed by atoms with Gasteiger partial charge in [-0.15, -0.1) is 0 Å². The maximum absolute atomic E-state index is 13.1. The van der Waals surface area contributed by atoms with Crippen molar-refractivity contribution in [3.8, 4) is 0 Å². The number of carbonyl (C=O) groups is 2. The Morgan fingerprint density at radius 2 is 1.73 bits per heavy atom. The van der Waals surface area contributed by atoms with Crippen LogP contribution in [-0.4, -0.2) is 59.3 Å². The summed E-state index contributed by atoms with van der Waals surface area (Å²) in [6.45, 7) is 7.93. The van der Waals surface area contributed by atoms with Gasteiger partial charge < -0.3 is 15.5 Å². The highest BCUT2D eigenvalue weighted by Crippen LogP contribution is 2.33. The van der Waals surface area contributed by atoms with Crippen LogP contribution in [0.1, 0.15) is 27.2 Å². The molecule has 0 radical (unpaired) electrons. The van der Waals surface area contributed by atoms with E-state index >= 15 is 0 Å². The zero-order valence-corrected chi connectivity index (χ0v) is 17.8. The average Bonchev–Trinajstić information content (AvgIpc) is 3.26. The predicted octanol–water partition coefficient (Wildman–Crippen LogP) is 2.05. The van der Waals surface area contributed by atoms with Crippen molar-refractivity contribution >= 4 is 11.8 Å². The Morgan fingerprint density at radius 3 is 2.33 bits per heavy atom. The molecule has 30 heavy (non-hydrogen) atoms. The number of primary amides is 1. The number of nitrogens with zero attached hydrogens (tertiary/aromatic N) is 3. The molecule has 4 rings (SSSR count). The molecule has 2 amide bonds. The molecule has 3 heterocycles. The summed E-state index contributed by atoms with van der Waals surface area (Å²) in [7, 11) is 0. The zero-order valence-electron chi connectivity index (χ0n) is 17.8. The summed E-state index contributed by atoms with van der Waals surface area (Å²) in [6, 6.07) is 11.9. The summed E-state index contributed by atoms with van der Waals surface area (Å²) < 4.78 is 0. The van der Waals surface area contributed by atoms with Gasteiger partial charge in [-0.05, 0) is 49.3 Å². The maximum atomic E-state index is 13.1. The van der Waals surface area contributed by atoms with Crippen LogP contribution >= 0.6 is 0 Å². The fourth-order valence-electron chi connectivity index (χ4n) is 5.05. The Morgan fingerprint density at radius 1 is 1.07 bits per heavy atom.